The maximum absolute atomic E-state index is 5.88. The summed E-state index contributed by atoms with van der Waals surface area (Å²) in [7, 11) is 3.74. The van der Waals surface area contributed by atoms with Crippen molar-refractivity contribution in [1.82, 2.24) is 0 Å². The summed E-state index contributed by atoms with van der Waals surface area (Å²) in [6.45, 7) is 11.8. The van der Waals surface area contributed by atoms with Crippen molar-refractivity contribution in [3.63, 3.8) is 0 Å². The van der Waals surface area contributed by atoms with E-state index in [4.69, 9.17) is 4.74 Å². The summed E-state index contributed by atoms with van der Waals surface area (Å²) in [5.74, 6) is 3.46. The first-order valence-corrected chi connectivity index (χ1v) is 14.5. The van der Waals surface area contributed by atoms with Crippen LogP contribution in [0.4, 0.5) is 0 Å². The van der Waals surface area contributed by atoms with Gasteiger partial charge in [0.15, 0.2) is 0 Å². The fourth-order valence-corrected chi connectivity index (χ4v) is 5.27. The smallest absolute Gasteiger partial charge is 0.119 e. The number of hydrogen-bond donors (Lipinski definition) is 0. The zero-order valence-corrected chi connectivity index (χ0v) is 22.6. The Morgan fingerprint density at radius 2 is 1.27 bits per heavy atom. The van der Waals surface area contributed by atoms with E-state index in [-0.39, 0.29) is 0 Å². The van der Waals surface area contributed by atoms with Crippen LogP contribution in [-0.4, -0.2) is 5.75 Å². The summed E-state index contributed by atoms with van der Waals surface area (Å²) in [5, 5.41) is 0. The SMILES string of the molecule is CCC(C)c1ccccc1.CCCSSc1ccc(OCc2ccc(C(C)CC)cc2)cc1. The van der Waals surface area contributed by atoms with Gasteiger partial charge in [0.2, 0.25) is 0 Å². The molecule has 3 aromatic rings. The van der Waals surface area contributed by atoms with Gasteiger partial charge in [-0.15, -0.1) is 0 Å². The molecule has 1 nitrogen and oxygen atoms in total. The van der Waals surface area contributed by atoms with Crippen LogP contribution < -0.4 is 4.74 Å². The second kappa shape index (κ2) is 15.9. The van der Waals surface area contributed by atoms with Crippen LogP contribution in [0.5, 0.6) is 5.75 Å². The molecule has 2 unspecified atom stereocenters. The Labute approximate surface area is 210 Å². The Bertz CT molecular complexity index is 875. The van der Waals surface area contributed by atoms with E-state index in [1.54, 1.807) is 0 Å². The number of benzene rings is 3. The maximum Gasteiger partial charge on any atom is 0.119 e. The molecule has 3 heteroatoms. The molecule has 0 N–H and O–H groups in total. The van der Waals surface area contributed by atoms with Gasteiger partial charge in [0.1, 0.15) is 12.4 Å². The van der Waals surface area contributed by atoms with Gasteiger partial charge in [-0.25, -0.2) is 0 Å². The lowest BCUT2D eigenvalue weighted by Crippen LogP contribution is -1.97. The van der Waals surface area contributed by atoms with E-state index in [1.807, 2.05) is 21.6 Å². The van der Waals surface area contributed by atoms with Gasteiger partial charge in [0.05, 0.1) is 0 Å². The molecule has 178 valence electrons. The van der Waals surface area contributed by atoms with Gasteiger partial charge in [0.25, 0.3) is 0 Å². The van der Waals surface area contributed by atoms with Gasteiger partial charge in [-0.05, 0) is 72.1 Å². The van der Waals surface area contributed by atoms with E-state index >= 15 is 0 Å². The summed E-state index contributed by atoms with van der Waals surface area (Å²) in [6, 6.07) is 27.8. The summed E-state index contributed by atoms with van der Waals surface area (Å²) >= 11 is 0. The third-order valence-corrected chi connectivity index (χ3v) is 8.40. The Kier molecular flexibility index (Phi) is 13.2. The molecular formula is C30H40OS2. The summed E-state index contributed by atoms with van der Waals surface area (Å²) in [5.41, 5.74) is 4.07. The minimum absolute atomic E-state index is 0.623. The number of ether oxygens (including phenoxy) is 1. The first kappa shape index (κ1) is 27.4. The van der Waals surface area contributed by atoms with Gasteiger partial charge in [0, 0.05) is 10.6 Å². The van der Waals surface area contributed by atoms with Crippen molar-refractivity contribution >= 4 is 21.6 Å². The third kappa shape index (κ3) is 10.3. The lowest BCUT2D eigenvalue weighted by atomic mass is 9.98. The van der Waals surface area contributed by atoms with Crippen LogP contribution in [0.15, 0.2) is 83.8 Å². The molecule has 0 heterocycles. The number of hydrogen-bond acceptors (Lipinski definition) is 3. The molecule has 2 atom stereocenters. The maximum atomic E-state index is 5.88. The summed E-state index contributed by atoms with van der Waals surface area (Å²) in [4.78, 5) is 1.29. The Morgan fingerprint density at radius 1 is 0.697 bits per heavy atom. The fourth-order valence-electron chi connectivity index (χ4n) is 3.15. The first-order chi connectivity index (χ1) is 16.1. The highest BCUT2D eigenvalue weighted by Crippen LogP contribution is 2.32. The second-order valence-corrected chi connectivity index (χ2v) is 10.9. The molecule has 0 spiro atoms. The quantitative estimate of drug-likeness (QED) is 0.199. The summed E-state index contributed by atoms with van der Waals surface area (Å²) in [6.07, 6.45) is 3.62. The second-order valence-electron chi connectivity index (χ2n) is 8.44. The molecule has 0 aliphatic carbocycles. The van der Waals surface area contributed by atoms with Gasteiger partial charge < -0.3 is 4.74 Å². The zero-order valence-electron chi connectivity index (χ0n) is 20.9. The van der Waals surface area contributed by atoms with E-state index in [0.29, 0.717) is 18.4 Å². The normalized spacial score (nSPS) is 12.4. The van der Waals surface area contributed by atoms with Crippen molar-refractivity contribution in [2.75, 3.05) is 5.75 Å². The zero-order chi connectivity index (χ0) is 23.9. The molecule has 0 saturated heterocycles. The van der Waals surface area contributed by atoms with E-state index < -0.39 is 0 Å². The van der Waals surface area contributed by atoms with Crippen LogP contribution in [0.1, 0.15) is 82.4 Å². The molecular weight excluding hydrogens is 440 g/mol. The first-order valence-electron chi connectivity index (χ1n) is 12.2. The predicted molar refractivity (Wildman–Crippen MR) is 150 cm³/mol. The lowest BCUT2D eigenvalue weighted by Gasteiger charge is -2.11. The average Bonchev–Trinajstić information content (AvgIpc) is 2.88. The van der Waals surface area contributed by atoms with Crippen LogP contribution in [0.3, 0.4) is 0 Å². The topological polar surface area (TPSA) is 9.23 Å². The van der Waals surface area contributed by atoms with E-state index in [2.05, 4.69) is 113 Å². The fraction of sp³-hybridized carbons (Fsp3) is 0.400. The Morgan fingerprint density at radius 3 is 1.82 bits per heavy atom. The molecule has 0 saturated carbocycles. The van der Waals surface area contributed by atoms with Crippen LogP contribution >= 0.6 is 21.6 Å². The molecule has 3 aromatic carbocycles. The molecule has 0 amide bonds. The van der Waals surface area contributed by atoms with Crippen molar-refractivity contribution in [2.24, 2.45) is 0 Å². The van der Waals surface area contributed by atoms with Crippen LogP contribution in [0.2, 0.25) is 0 Å². The molecule has 0 aromatic heterocycles. The van der Waals surface area contributed by atoms with Gasteiger partial charge in [-0.2, -0.15) is 0 Å². The summed E-state index contributed by atoms with van der Waals surface area (Å²) < 4.78 is 5.88. The van der Waals surface area contributed by atoms with E-state index in [9.17, 15) is 0 Å². The molecule has 0 radical (unpaired) electrons. The van der Waals surface area contributed by atoms with Gasteiger partial charge in [-0.1, -0.05) is 111 Å². The molecule has 0 bridgehead atoms. The van der Waals surface area contributed by atoms with Crippen molar-refractivity contribution in [3.05, 3.63) is 95.6 Å². The molecule has 0 aliphatic heterocycles. The molecule has 0 aliphatic rings. The minimum atomic E-state index is 0.623. The van der Waals surface area contributed by atoms with Crippen molar-refractivity contribution in [3.8, 4) is 5.75 Å². The van der Waals surface area contributed by atoms with E-state index in [1.165, 1.54) is 46.6 Å². The van der Waals surface area contributed by atoms with Crippen LogP contribution in [0.25, 0.3) is 0 Å². The minimum Gasteiger partial charge on any atom is -0.489 e. The highest BCUT2D eigenvalue weighted by Gasteiger charge is 2.03. The van der Waals surface area contributed by atoms with E-state index in [0.717, 1.165) is 5.75 Å². The van der Waals surface area contributed by atoms with Gasteiger partial charge in [-0.3, -0.25) is 0 Å². The lowest BCUT2D eigenvalue weighted by molar-refractivity contribution is 0.306. The Hall–Kier alpha value is -1.84. The average molecular weight is 481 g/mol. The molecule has 33 heavy (non-hydrogen) atoms. The van der Waals surface area contributed by atoms with Crippen molar-refractivity contribution in [1.29, 1.82) is 0 Å². The molecule has 0 fully saturated rings. The van der Waals surface area contributed by atoms with Crippen LogP contribution in [0, 0.1) is 0 Å². The number of rotatable bonds is 11. The highest BCUT2D eigenvalue weighted by atomic mass is 33.1. The predicted octanol–water partition coefficient (Wildman–Crippen LogP) is 10.1. The molecule has 3 rings (SSSR count). The Balaban J connectivity index is 0.000000321. The van der Waals surface area contributed by atoms with Crippen molar-refractivity contribution in [2.45, 2.75) is 77.2 Å². The monoisotopic (exact) mass is 480 g/mol. The van der Waals surface area contributed by atoms with Crippen molar-refractivity contribution < 1.29 is 4.74 Å². The highest BCUT2D eigenvalue weighted by molar-refractivity contribution is 8.76. The third-order valence-electron chi connectivity index (χ3n) is 5.81. The van der Waals surface area contributed by atoms with Crippen LogP contribution in [-0.2, 0) is 6.61 Å². The largest absolute Gasteiger partial charge is 0.489 e. The van der Waals surface area contributed by atoms with Gasteiger partial charge >= 0.3 is 0 Å². The standard InChI is InChI=1S/C20H26OS2.C10H14/c1-4-14-22-23-20-12-10-19(11-13-20)21-15-17-6-8-18(9-7-17)16(3)5-2;1-3-9(2)10-7-5-4-6-8-10/h6-13,16H,4-5,14-15H2,1-3H3;4-9H,3H2,1-2H3.